The van der Waals surface area contributed by atoms with Gasteiger partial charge < -0.3 is 4.90 Å². The van der Waals surface area contributed by atoms with Crippen LogP contribution in [-0.2, 0) is 0 Å². The van der Waals surface area contributed by atoms with E-state index in [2.05, 4.69) is 35.2 Å². The van der Waals surface area contributed by atoms with Crippen LogP contribution < -0.4 is 4.90 Å². The lowest BCUT2D eigenvalue weighted by Crippen LogP contribution is -2.10. The highest BCUT2D eigenvalue weighted by Gasteiger charge is 2.27. The molecule has 0 N–H and O–H groups in total. The molecule has 0 saturated heterocycles. The van der Waals surface area contributed by atoms with Gasteiger partial charge in [-0.3, -0.25) is 4.79 Å². The van der Waals surface area contributed by atoms with Crippen molar-refractivity contribution in [2.24, 2.45) is 0 Å². The van der Waals surface area contributed by atoms with E-state index < -0.39 is 0 Å². The van der Waals surface area contributed by atoms with Crippen molar-refractivity contribution < 1.29 is 4.79 Å². The van der Waals surface area contributed by atoms with Gasteiger partial charge in [-0.05, 0) is 53.6 Å². The van der Waals surface area contributed by atoms with Crippen molar-refractivity contribution >= 4 is 22.8 Å². The summed E-state index contributed by atoms with van der Waals surface area (Å²) in [5.74, 6) is 0.109. The van der Waals surface area contributed by atoms with E-state index >= 15 is 0 Å². The molecule has 0 unspecified atom stereocenters. The van der Waals surface area contributed by atoms with Crippen LogP contribution in [0.2, 0.25) is 0 Å². The fourth-order valence-corrected chi connectivity index (χ4v) is 3.75. The average molecular weight is 347 g/mol. The zero-order valence-electron chi connectivity index (χ0n) is 14.7. The van der Waals surface area contributed by atoms with E-state index in [9.17, 15) is 4.79 Å². The summed E-state index contributed by atoms with van der Waals surface area (Å²) >= 11 is 0. The third kappa shape index (κ3) is 2.54. The summed E-state index contributed by atoms with van der Waals surface area (Å²) in [5, 5.41) is 0. The van der Waals surface area contributed by atoms with Gasteiger partial charge in [0.25, 0.3) is 0 Å². The predicted molar refractivity (Wildman–Crippen MR) is 110 cm³/mol. The largest absolute Gasteiger partial charge is 0.310 e. The van der Waals surface area contributed by atoms with Crippen LogP contribution in [0.4, 0.5) is 17.1 Å². The van der Waals surface area contributed by atoms with Gasteiger partial charge in [0.05, 0.1) is 0 Å². The lowest BCUT2D eigenvalue weighted by atomic mass is 10.0. The number of benzene rings is 4. The number of ketones is 1. The summed E-state index contributed by atoms with van der Waals surface area (Å²) in [4.78, 5) is 14.9. The fourth-order valence-electron chi connectivity index (χ4n) is 3.75. The Kier molecular flexibility index (Phi) is 3.61. The number of carbonyl (C=O) groups excluding carboxylic acids is 1. The molecule has 0 fully saturated rings. The number of hydrogen-bond donors (Lipinski definition) is 0. The maximum Gasteiger partial charge on any atom is 0.194 e. The van der Waals surface area contributed by atoms with Crippen molar-refractivity contribution in [3.05, 3.63) is 114 Å². The van der Waals surface area contributed by atoms with Gasteiger partial charge in [0.1, 0.15) is 0 Å². The monoisotopic (exact) mass is 347 g/mol. The molecular formula is C25H17NO. The van der Waals surface area contributed by atoms with Crippen molar-refractivity contribution in [1.29, 1.82) is 0 Å². The van der Waals surface area contributed by atoms with Gasteiger partial charge in [-0.25, -0.2) is 0 Å². The van der Waals surface area contributed by atoms with Gasteiger partial charge in [0, 0.05) is 28.2 Å². The first-order chi connectivity index (χ1) is 13.3. The highest BCUT2D eigenvalue weighted by Crippen LogP contribution is 2.41. The predicted octanol–water partition coefficient (Wildman–Crippen LogP) is 6.37. The number of anilines is 3. The highest BCUT2D eigenvalue weighted by atomic mass is 16.1. The molecular weight excluding hydrogens is 330 g/mol. The second-order valence-electron chi connectivity index (χ2n) is 6.61. The lowest BCUT2D eigenvalue weighted by Gasteiger charge is -2.26. The highest BCUT2D eigenvalue weighted by molar-refractivity contribution is 6.22. The smallest absolute Gasteiger partial charge is 0.194 e. The Balaban J connectivity index is 1.70. The van der Waals surface area contributed by atoms with Crippen molar-refractivity contribution in [2.45, 2.75) is 0 Å². The normalized spacial score (nSPS) is 11.8. The van der Waals surface area contributed by atoms with Crippen molar-refractivity contribution in [2.75, 3.05) is 4.90 Å². The molecule has 0 radical (unpaired) electrons. The number of rotatable bonds is 3. The van der Waals surface area contributed by atoms with Crippen LogP contribution in [0.1, 0.15) is 15.9 Å². The number of carbonyl (C=O) groups is 1. The van der Waals surface area contributed by atoms with Crippen LogP contribution >= 0.6 is 0 Å². The lowest BCUT2D eigenvalue weighted by molar-refractivity contribution is 0.104. The summed E-state index contributed by atoms with van der Waals surface area (Å²) in [6.45, 7) is 0. The Hall–Kier alpha value is -3.65. The molecule has 0 bridgehead atoms. The Bertz CT molecular complexity index is 1090. The molecule has 0 saturated carbocycles. The molecule has 2 nitrogen and oxygen atoms in total. The first-order valence-corrected chi connectivity index (χ1v) is 9.01. The molecule has 5 rings (SSSR count). The van der Waals surface area contributed by atoms with E-state index in [-0.39, 0.29) is 5.78 Å². The maximum atomic E-state index is 12.7. The number of para-hydroxylation sites is 2. The number of fused-ring (bicyclic) bond motifs is 3. The molecule has 1 aliphatic rings. The first-order valence-electron chi connectivity index (χ1n) is 9.01. The Morgan fingerprint density at radius 1 is 0.444 bits per heavy atom. The SMILES string of the molecule is O=C1c2ccccc2-c2cc(N(c3ccccc3)c3ccccc3)ccc21. The van der Waals surface area contributed by atoms with Crippen LogP contribution in [-0.4, -0.2) is 5.78 Å². The standard InChI is InChI=1S/C25H17NO/c27-25-22-14-8-7-13-21(22)24-17-20(15-16-23(24)25)26(18-9-3-1-4-10-18)19-11-5-2-6-12-19/h1-17H. The van der Waals surface area contributed by atoms with Crippen LogP contribution in [0.15, 0.2) is 103 Å². The van der Waals surface area contributed by atoms with E-state index in [0.717, 1.165) is 39.3 Å². The Labute approximate surface area is 158 Å². The molecule has 0 spiro atoms. The summed E-state index contributed by atoms with van der Waals surface area (Å²) < 4.78 is 0. The molecule has 0 aliphatic heterocycles. The second-order valence-corrected chi connectivity index (χ2v) is 6.61. The Morgan fingerprint density at radius 2 is 0.963 bits per heavy atom. The summed E-state index contributed by atoms with van der Waals surface area (Å²) in [6.07, 6.45) is 0. The van der Waals surface area contributed by atoms with Gasteiger partial charge in [-0.1, -0.05) is 60.7 Å². The molecule has 0 atom stereocenters. The van der Waals surface area contributed by atoms with Crippen molar-refractivity contribution in [3.8, 4) is 11.1 Å². The zero-order valence-corrected chi connectivity index (χ0v) is 14.7. The molecule has 0 aromatic heterocycles. The molecule has 2 heteroatoms. The molecule has 0 amide bonds. The van der Waals surface area contributed by atoms with E-state index in [1.807, 2.05) is 72.8 Å². The van der Waals surface area contributed by atoms with E-state index in [1.165, 1.54) is 0 Å². The summed E-state index contributed by atoms with van der Waals surface area (Å²) in [6, 6.07) is 34.5. The summed E-state index contributed by atoms with van der Waals surface area (Å²) in [5.41, 5.74) is 6.79. The zero-order chi connectivity index (χ0) is 18.2. The van der Waals surface area contributed by atoms with Crippen molar-refractivity contribution in [1.82, 2.24) is 0 Å². The van der Waals surface area contributed by atoms with Crippen molar-refractivity contribution in [3.63, 3.8) is 0 Å². The third-order valence-electron chi connectivity index (χ3n) is 5.00. The second kappa shape index (κ2) is 6.26. The maximum absolute atomic E-state index is 12.7. The quantitative estimate of drug-likeness (QED) is 0.378. The van der Waals surface area contributed by atoms with E-state index in [0.29, 0.717) is 0 Å². The molecule has 4 aromatic rings. The van der Waals surface area contributed by atoms with Gasteiger partial charge in [-0.2, -0.15) is 0 Å². The molecule has 0 heterocycles. The van der Waals surface area contributed by atoms with Crippen LogP contribution in [0, 0.1) is 0 Å². The van der Waals surface area contributed by atoms with Crippen LogP contribution in [0.3, 0.4) is 0 Å². The summed E-state index contributed by atoms with van der Waals surface area (Å²) in [7, 11) is 0. The van der Waals surface area contributed by atoms with Gasteiger partial charge in [-0.15, -0.1) is 0 Å². The molecule has 1 aliphatic carbocycles. The molecule has 4 aromatic carbocycles. The Morgan fingerprint density at radius 3 is 1.59 bits per heavy atom. The van der Waals surface area contributed by atoms with E-state index in [1.54, 1.807) is 0 Å². The van der Waals surface area contributed by atoms with Gasteiger partial charge >= 0.3 is 0 Å². The molecule has 27 heavy (non-hydrogen) atoms. The average Bonchev–Trinajstić information content (AvgIpc) is 3.02. The number of nitrogens with zero attached hydrogens (tertiary/aromatic N) is 1. The number of hydrogen-bond acceptors (Lipinski definition) is 2. The van der Waals surface area contributed by atoms with Crippen LogP contribution in [0.5, 0.6) is 0 Å². The van der Waals surface area contributed by atoms with E-state index in [4.69, 9.17) is 0 Å². The minimum absolute atomic E-state index is 0.109. The van der Waals surface area contributed by atoms with Crippen LogP contribution in [0.25, 0.3) is 11.1 Å². The minimum Gasteiger partial charge on any atom is -0.310 e. The first kappa shape index (κ1) is 15.6. The minimum atomic E-state index is 0.109. The van der Waals surface area contributed by atoms with Gasteiger partial charge in [0.2, 0.25) is 0 Å². The topological polar surface area (TPSA) is 20.3 Å². The third-order valence-corrected chi connectivity index (χ3v) is 5.00. The fraction of sp³-hybridized carbons (Fsp3) is 0. The molecule has 128 valence electrons. The van der Waals surface area contributed by atoms with Gasteiger partial charge in [0.15, 0.2) is 5.78 Å².